The maximum Gasteiger partial charge on any atom is 0.335 e. The highest BCUT2D eigenvalue weighted by Crippen LogP contribution is 2.26. The molecule has 0 saturated heterocycles. The Morgan fingerprint density at radius 3 is 2.75 bits per heavy atom. The van der Waals surface area contributed by atoms with E-state index in [0.29, 0.717) is 5.75 Å². The van der Waals surface area contributed by atoms with Crippen LogP contribution in [0.1, 0.15) is 34.5 Å². The van der Waals surface area contributed by atoms with Gasteiger partial charge in [0, 0.05) is 22.4 Å². The van der Waals surface area contributed by atoms with E-state index in [2.05, 4.69) is 20.9 Å². The Balaban J connectivity index is 2.25. The van der Waals surface area contributed by atoms with E-state index in [4.69, 9.17) is 9.84 Å². The van der Waals surface area contributed by atoms with Gasteiger partial charge in [-0.2, -0.15) is 0 Å². The number of halogens is 1. The fraction of sp³-hybridized carbons (Fsp3) is 0.200. The second-order valence-electron chi connectivity index (χ2n) is 4.48. The van der Waals surface area contributed by atoms with Gasteiger partial charge in [0.25, 0.3) is 0 Å². The molecule has 2 rings (SSSR count). The zero-order valence-electron chi connectivity index (χ0n) is 11.1. The van der Waals surface area contributed by atoms with Crippen molar-refractivity contribution in [1.82, 2.24) is 4.98 Å². The van der Waals surface area contributed by atoms with Crippen LogP contribution in [-0.2, 0) is 0 Å². The van der Waals surface area contributed by atoms with Gasteiger partial charge >= 0.3 is 5.97 Å². The van der Waals surface area contributed by atoms with Gasteiger partial charge in [-0.05, 0) is 53.5 Å². The Morgan fingerprint density at radius 1 is 1.35 bits per heavy atom. The van der Waals surface area contributed by atoms with Gasteiger partial charge in [0.05, 0.1) is 5.56 Å². The highest BCUT2D eigenvalue weighted by atomic mass is 79.9. The number of aromatic nitrogens is 1. The third-order valence-electron chi connectivity index (χ3n) is 2.93. The fourth-order valence-corrected chi connectivity index (χ4v) is 2.15. The molecule has 1 N–H and O–H groups in total. The molecule has 0 bridgehead atoms. The molecule has 20 heavy (non-hydrogen) atoms. The molecule has 0 radical (unpaired) electrons. The van der Waals surface area contributed by atoms with Gasteiger partial charge in [-0.25, -0.2) is 4.79 Å². The lowest BCUT2D eigenvalue weighted by Gasteiger charge is -2.17. The molecule has 1 aromatic carbocycles. The van der Waals surface area contributed by atoms with Gasteiger partial charge in [-0.1, -0.05) is 6.07 Å². The van der Waals surface area contributed by atoms with E-state index in [1.165, 1.54) is 0 Å². The average Bonchev–Trinajstić information content (AvgIpc) is 2.41. The molecule has 104 valence electrons. The topological polar surface area (TPSA) is 59.4 Å². The van der Waals surface area contributed by atoms with Crippen molar-refractivity contribution in [3.63, 3.8) is 0 Å². The fourth-order valence-electron chi connectivity index (χ4n) is 1.77. The van der Waals surface area contributed by atoms with Crippen LogP contribution in [0.5, 0.6) is 5.75 Å². The lowest BCUT2D eigenvalue weighted by atomic mass is 10.1. The molecule has 0 aliphatic carbocycles. The molecule has 0 spiro atoms. The van der Waals surface area contributed by atoms with Crippen molar-refractivity contribution in [2.45, 2.75) is 20.0 Å². The number of hydrogen-bond acceptors (Lipinski definition) is 3. The van der Waals surface area contributed by atoms with Crippen molar-refractivity contribution in [2.24, 2.45) is 0 Å². The number of aromatic carboxylic acids is 1. The first-order valence-corrected chi connectivity index (χ1v) is 6.87. The number of carboxylic acid groups (broad SMARTS) is 1. The van der Waals surface area contributed by atoms with Crippen molar-refractivity contribution in [2.75, 3.05) is 0 Å². The summed E-state index contributed by atoms with van der Waals surface area (Å²) in [6, 6.07) is 6.77. The predicted octanol–water partition coefficient (Wildman–Crippen LogP) is 3.99. The summed E-state index contributed by atoms with van der Waals surface area (Å²) in [6.45, 7) is 3.78. The summed E-state index contributed by atoms with van der Waals surface area (Å²) in [4.78, 5) is 15.1. The van der Waals surface area contributed by atoms with E-state index in [9.17, 15) is 4.79 Å². The number of nitrogens with zero attached hydrogens (tertiary/aromatic N) is 1. The van der Waals surface area contributed by atoms with Gasteiger partial charge in [-0.15, -0.1) is 0 Å². The molecule has 2 aromatic rings. The van der Waals surface area contributed by atoms with E-state index in [-0.39, 0.29) is 11.7 Å². The number of rotatable bonds is 4. The Labute approximate surface area is 125 Å². The van der Waals surface area contributed by atoms with E-state index in [0.717, 1.165) is 15.6 Å². The summed E-state index contributed by atoms with van der Waals surface area (Å²) in [6.07, 6.45) is 3.21. The number of hydrogen-bond donors (Lipinski definition) is 1. The summed E-state index contributed by atoms with van der Waals surface area (Å²) >= 11 is 3.37. The first kappa shape index (κ1) is 14.5. The van der Waals surface area contributed by atoms with Crippen LogP contribution in [-0.4, -0.2) is 16.1 Å². The summed E-state index contributed by atoms with van der Waals surface area (Å²) in [5, 5.41) is 9.02. The summed E-state index contributed by atoms with van der Waals surface area (Å²) < 4.78 is 6.73. The quantitative estimate of drug-likeness (QED) is 0.917. The monoisotopic (exact) mass is 335 g/mol. The summed E-state index contributed by atoms with van der Waals surface area (Å²) in [5.74, 6) is -0.399. The van der Waals surface area contributed by atoms with Crippen LogP contribution in [0, 0.1) is 6.92 Å². The second-order valence-corrected chi connectivity index (χ2v) is 5.40. The highest BCUT2D eigenvalue weighted by Gasteiger charge is 2.12. The van der Waals surface area contributed by atoms with Crippen LogP contribution in [0.4, 0.5) is 0 Å². The Bertz CT molecular complexity index is 643. The van der Waals surface area contributed by atoms with Gasteiger partial charge in [-0.3, -0.25) is 4.98 Å². The zero-order valence-corrected chi connectivity index (χ0v) is 12.7. The molecule has 1 atom stereocenters. The van der Waals surface area contributed by atoms with Crippen LogP contribution in [0.15, 0.2) is 41.1 Å². The minimum absolute atomic E-state index is 0.213. The van der Waals surface area contributed by atoms with Crippen LogP contribution in [0.25, 0.3) is 0 Å². The number of ether oxygens (including phenoxy) is 1. The first-order valence-electron chi connectivity index (χ1n) is 6.08. The molecular formula is C15H14BrNO3. The molecule has 4 nitrogen and oxygen atoms in total. The summed E-state index contributed by atoms with van der Waals surface area (Å²) in [7, 11) is 0. The molecule has 0 saturated carbocycles. The van der Waals surface area contributed by atoms with Crippen molar-refractivity contribution >= 4 is 21.9 Å². The number of benzene rings is 1. The van der Waals surface area contributed by atoms with Crippen LogP contribution < -0.4 is 4.74 Å². The van der Waals surface area contributed by atoms with E-state index >= 15 is 0 Å². The molecule has 0 aliphatic rings. The minimum atomic E-state index is -0.966. The molecule has 0 aliphatic heterocycles. The number of carboxylic acids is 1. The van der Waals surface area contributed by atoms with Crippen LogP contribution in [0.3, 0.4) is 0 Å². The summed E-state index contributed by atoms with van der Waals surface area (Å²) in [5.41, 5.74) is 2.02. The largest absolute Gasteiger partial charge is 0.486 e. The maximum atomic E-state index is 11.0. The Morgan fingerprint density at radius 2 is 2.10 bits per heavy atom. The van der Waals surface area contributed by atoms with E-state index in [1.54, 1.807) is 30.6 Å². The Hall–Kier alpha value is -1.88. The SMILES string of the molecule is Cc1ccc(C(=O)O)cc1OC(C)c1cncc(Br)c1. The first-order chi connectivity index (χ1) is 9.47. The van der Waals surface area contributed by atoms with Crippen molar-refractivity contribution in [1.29, 1.82) is 0 Å². The molecular weight excluding hydrogens is 322 g/mol. The zero-order chi connectivity index (χ0) is 14.7. The van der Waals surface area contributed by atoms with Crippen molar-refractivity contribution in [3.05, 3.63) is 57.8 Å². The normalized spacial score (nSPS) is 11.9. The van der Waals surface area contributed by atoms with Gasteiger partial charge in [0.2, 0.25) is 0 Å². The number of aryl methyl sites for hydroxylation is 1. The van der Waals surface area contributed by atoms with Crippen LogP contribution in [0.2, 0.25) is 0 Å². The lowest BCUT2D eigenvalue weighted by Crippen LogP contribution is -2.06. The van der Waals surface area contributed by atoms with E-state index < -0.39 is 5.97 Å². The lowest BCUT2D eigenvalue weighted by molar-refractivity contribution is 0.0696. The molecule has 1 heterocycles. The minimum Gasteiger partial charge on any atom is -0.486 e. The van der Waals surface area contributed by atoms with Gasteiger partial charge in [0.15, 0.2) is 0 Å². The van der Waals surface area contributed by atoms with Gasteiger partial charge in [0.1, 0.15) is 11.9 Å². The van der Waals surface area contributed by atoms with Crippen molar-refractivity contribution < 1.29 is 14.6 Å². The predicted molar refractivity (Wildman–Crippen MR) is 79.1 cm³/mol. The Kier molecular flexibility index (Phi) is 4.39. The maximum absolute atomic E-state index is 11.0. The average molecular weight is 336 g/mol. The molecule has 5 heteroatoms. The third kappa shape index (κ3) is 3.36. The number of pyridine rings is 1. The van der Waals surface area contributed by atoms with Gasteiger partial charge < -0.3 is 9.84 Å². The third-order valence-corrected chi connectivity index (χ3v) is 3.37. The van der Waals surface area contributed by atoms with E-state index in [1.807, 2.05) is 19.9 Å². The molecule has 0 fully saturated rings. The second kappa shape index (κ2) is 6.05. The smallest absolute Gasteiger partial charge is 0.335 e. The molecule has 1 unspecified atom stereocenters. The van der Waals surface area contributed by atoms with Crippen molar-refractivity contribution in [3.8, 4) is 5.75 Å². The standard InChI is InChI=1S/C15H14BrNO3/c1-9-3-4-11(15(18)19)6-14(9)20-10(2)12-5-13(16)8-17-7-12/h3-8,10H,1-2H3,(H,18,19). The molecule has 0 amide bonds. The highest BCUT2D eigenvalue weighted by molar-refractivity contribution is 9.10. The van der Waals surface area contributed by atoms with Crippen LogP contribution >= 0.6 is 15.9 Å². The number of carbonyl (C=O) groups is 1. The molecule has 1 aromatic heterocycles.